The summed E-state index contributed by atoms with van der Waals surface area (Å²) in [5.74, 6) is 1.80. The molecule has 8 heteroatoms. The Bertz CT molecular complexity index is 1420. The van der Waals surface area contributed by atoms with Crippen LogP contribution in [0.4, 0.5) is 5.69 Å². The molecule has 1 aromatic carbocycles. The molecule has 0 spiro atoms. The molecule has 0 radical (unpaired) electrons. The monoisotopic (exact) mass is 628 g/mol. The standard InChI is InChI=1S/C20H27N3O.C14H16N2.C2H6.CH5N.CH2O/c1-5-6-16(11-21-4)18-10-17-13(2)12-24-20(17)19(23-18)15-7-8-22-14(3)9-15;1-3-4-11-7-10(2)14(15)12(8-11)9-16-13-5-6-13;3*1-2/h7-10,13,16,21H,5-6,11-12H2,1-4H3;4,7-9,13H,1,5-6,15H2,2H3;1-2H3;2H2,1H3;1H2. The lowest BCUT2D eigenvalue weighted by Crippen LogP contribution is -2.18. The maximum absolute atomic E-state index is 8.00. The number of benzene rings is 1. The Morgan fingerprint density at radius 3 is 2.46 bits per heavy atom. The molecule has 1 fully saturated rings. The number of pyridine rings is 2. The van der Waals surface area contributed by atoms with Crippen LogP contribution in [0.1, 0.15) is 98.9 Å². The lowest BCUT2D eigenvalue weighted by atomic mass is 9.93. The number of aromatic nitrogens is 2. The molecule has 3 heterocycles. The van der Waals surface area contributed by atoms with Crippen molar-refractivity contribution in [3.63, 3.8) is 0 Å². The summed E-state index contributed by atoms with van der Waals surface area (Å²) in [6, 6.07) is 11.0. The molecule has 3 aromatic rings. The van der Waals surface area contributed by atoms with Gasteiger partial charge in [-0.05, 0) is 94.7 Å². The van der Waals surface area contributed by atoms with Crippen LogP contribution in [-0.4, -0.2) is 56.3 Å². The van der Waals surface area contributed by atoms with Crippen LogP contribution in [-0.2, 0) is 4.79 Å². The highest BCUT2D eigenvalue weighted by Gasteiger charge is 2.27. The van der Waals surface area contributed by atoms with E-state index in [2.05, 4.69) is 59.3 Å². The van der Waals surface area contributed by atoms with Gasteiger partial charge in [-0.3, -0.25) is 9.98 Å². The summed E-state index contributed by atoms with van der Waals surface area (Å²) < 4.78 is 5.99. The van der Waals surface area contributed by atoms with Gasteiger partial charge in [0, 0.05) is 64.6 Å². The second-order valence-corrected chi connectivity index (χ2v) is 11.0. The van der Waals surface area contributed by atoms with E-state index in [9.17, 15) is 0 Å². The molecule has 0 bridgehead atoms. The first kappa shape index (κ1) is 39.9. The lowest BCUT2D eigenvalue weighted by molar-refractivity contribution is -0.0980. The van der Waals surface area contributed by atoms with Crippen molar-refractivity contribution in [2.45, 2.75) is 85.1 Å². The Hall–Kier alpha value is -4.10. The number of carbonyl (C=O) groups is 1. The largest absolute Gasteiger partial charge is 0.490 e. The molecule has 46 heavy (non-hydrogen) atoms. The van der Waals surface area contributed by atoms with Crippen LogP contribution in [0, 0.1) is 13.8 Å². The molecule has 0 amide bonds. The highest BCUT2D eigenvalue weighted by molar-refractivity contribution is 5.89. The number of fused-ring (bicyclic) bond motifs is 1. The summed E-state index contributed by atoms with van der Waals surface area (Å²) in [6.07, 6.45) is 10.3. The Labute approximate surface area is 277 Å². The third-order valence-corrected chi connectivity index (χ3v) is 7.39. The van der Waals surface area contributed by atoms with Crippen molar-refractivity contribution in [1.82, 2.24) is 15.3 Å². The summed E-state index contributed by atoms with van der Waals surface area (Å²) in [5.41, 5.74) is 22.8. The van der Waals surface area contributed by atoms with Crippen LogP contribution in [0.15, 0.2) is 53.8 Å². The van der Waals surface area contributed by atoms with E-state index in [1.807, 2.05) is 78.2 Å². The molecule has 1 aliphatic heterocycles. The summed E-state index contributed by atoms with van der Waals surface area (Å²) in [5, 5.41) is 3.32. The average Bonchev–Trinajstić information content (AvgIpc) is 3.85. The minimum Gasteiger partial charge on any atom is -0.490 e. The average molecular weight is 629 g/mol. The van der Waals surface area contributed by atoms with Gasteiger partial charge in [0.2, 0.25) is 0 Å². The number of nitrogen functional groups attached to an aromatic ring is 1. The first-order valence-electron chi connectivity index (χ1n) is 16.3. The summed E-state index contributed by atoms with van der Waals surface area (Å²) in [7, 11) is 3.51. The highest BCUT2D eigenvalue weighted by atomic mass is 16.5. The third-order valence-electron chi connectivity index (χ3n) is 7.39. The molecule has 2 aromatic heterocycles. The van der Waals surface area contributed by atoms with Crippen molar-refractivity contribution >= 4 is 24.8 Å². The maximum Gasteiger partial charge on any atom is 0.149 e. The number of aryl methyl sites for hydroxylation is 2. The van der Waals surface area contributed by atoms with Crippen LogP contribution in [0.25, 0.3) is 17.3 Å². The zero-order valence-corrected chi connectivity index (χ0v) is 29.3. The fourth-order valence-electron chi connectivity index (χ4n) is 5.01. The van der Waals surface area contributed by atoms with E-state index in [1.165, 1.54) is 31.1 Å². The Morgan fingerprint density at radius 2 is 1.87 bits per heavy atom. The van der Waals surface area contributed by atoms with Crippen LogP contribution in [0.3, 0.4) is 0 Å². The molecule has 5 rings (SSSR count). The number of hydrogen-bond donors (Lipinski definition) is 3. The zero-order valence-electron chi connectivity index (χ0n) is 29.3. The van der Waals surface area contributed by atoms with Crippen molar-refractivity contribution in [2.75, 3.05) is 33.0 Å². The Kier molecular flexibility index (Phi) is 18.7. The number of carbonyl (C=O) groups excluding carboxylic acids is 1. The number of ether oxygens (including phenoxy) is 1. The van der Waals surface area contributed by atoms with Gasteiger partial charge in [-0.25, -0.2) is 4.98 Å². The third kappa shape index (κ3) is 11.7. The van der Waals surface area contributed by atoms with E-state index in [0.717, 1.165) is 71.1 Å². The van der Waals surface area contributed by atoms with E-state index in [1.54, 1.807) is 0 Å². The molecule has 0 saturated heterocycles. The van der Waals surface area contributed by atoms with Crippen molar-refractivity contribution in [1.29, 1.82) is 0 Å². The molecule has 2 unspecified atom stereocenters. The normalized spacial score (nSPS) is 14.7. The number of nitrogens with two attached hydrogens (primary N) is 2. The number of rotatable bonds is 9. The second-order valence-electron chi connectivity index (χ2n) is 11.0. The van der Waals surface area contributed by atoms with E-state index in [0.29, 0.717) is 17.9 Å². The molecule has 2 atom stereocenters. The Balaban J connectivity index is 0.000000418. The minimum atomic E-state index is 0.417. The predicted molar refractivity (Wildman–Crippen MR) is 196 cm³/mol. The van der Waals surface area contributed by atoms with Crippen molar-refractivity contribution in [2.24, 2.45) is 10.7 Å². The van der Waals surface area contributed by atoms with Crippen molar-refractivity contribution in [3.8, 4) is 17.0 Å². The number of aliphatic imine (C=N–C) groups is 1. The minimum absolute atomic E-state index is 0.417. The number of likely N-dealkylation sites (N-methyl/N-ethyl adjacent to an activating group) is 1. The maximum atomic E-state index is 8.00. The van der Waals surface area contributed by atoms with Gasteiger partial charge in [0.05, 0.1) is 12.6 Å². The topological polar surface area (TPSA) is 129 Å². The number of anilines is 1. The molecular weight excluding hydrogens is 572 g/mol. The second kappa shape index (κ2) is 21.6. The lowest BCUT2D eigenvalue weighted by Gasteiger charge is -2.18. The smallest absolute Gasteiger partial charge is 0.149 e. The highest BCUT2D eigenvalue weighted by Crippen LogP contribution is 2.42. The van der Waals surface area contributed by atoms with E-state index in [4.69, 9.17) is 20.2 Å². The Morgan fingerprint density at radius 1 is 1.17 bits per heavy atom. The van der Waals surface area contributed by atoms with Gasteiger partial charge in [-0.1, -0.05) is 40.7 Å². The van der Waals surface area contributed by atoms with Gasteiger partial charge in [-0.2, -0.15) is 0 Å². The summed E-state index contributed by atoms with van der Waals surface area (Å²) in [6.45, 7) is 19.7. The molecule has 5 N–H and O–H groups in total. The van der Waals surface area contributed by atoms with Crippen LogP contribution in [0.5, 0.6) is 5.75 Å². The van der Waals surface area contributed by atoms with Gasteiger partial charge in [-0.15, -0.1) is 5.73 Å². The zero-order chi connectivity index (χ0) is 34.6. The quantitative estimate of drug-likeness (QED) is 0.128. The molecular formula is C38H56N6O2. The number of nitrogens with zero attached hydrogens (tertiary/aromatic N) is 3. The van der Waals surface area contributed by atoms with E-state index >= 15 is 0 Å². The SMILES string of the molecule is C=C=Cc1cc(C)c(N)c(C=NC2CC2)c1.C=O.CC.CCCC(CNC)c1cc2c(c(-c3ccnc(C)c3)n1)OCC2C.CN. The molecule has 1 saturated carbocycles. The van der Waals surface area contributed by atoms with Gasteiger partial charge >= 0.3 is 0 Å². The summed E-state index contributed by atoms with van der Waals surface area (Å²) >= 11 is 0. The number of hydrogen-bond acceptors (Lipinski definition) is 8. The molecule has 2 aliphatic rings. The predicted octanol–water partition coefficient (Wildman–Crippen LogP) is 7.42. The van der Waals surface area contributed by atoms with E-state index in [-0.39, 0.29) is 0 Å². The van der Waals surface area contributed by atoms with Gasteiger partial charge < -0.3 is 26.3 Å². The first-order chi connectivity index (χ1) is 22.3. The fourth-order valence-corrected chi connectivity index (χ4v) is 5.01. The van der Waals surface area contributed by atoms with E-state index < -0.39 is 0 Å². The summed E-state index contributed by atoms with van der Waals surface area (Å²) in [4.78, 5) is 21.8. The fraction of sp³-hybridized carbons (Fsp3) is 0.447. The van der Waals surface area contributed by atoms with Gasteiger partial charge in [0.1, 0.15) is 18.2 Å². The van der Waals surface area contributed by atoms with Crippen LogP contribution >= 0.6 is 0 Å². The van der Waals surface area contributed by atoms with Gasteiger partial charge in [0.25, 0.3) is 0 Å². The molecule has 250 valence electrons. The van der Waals surface area contributed by atoms with Crippen molar-refractivity contribution < 1.29 is 9.53 Å². The number of nitrogens with one attached hydrogen (secondary N) is 1. The molecule has 1 aliphatic carbocycles. The van der Waals surface area contributed by atoms with Crippen molar-refractivity contribution in [3.05, 3.63) is 82.5 Å². The van der Waals surface area contributed by atoms with Crippen LogP contribution in [0.2, 0.25) is 0 Å². The molecule has 8 nitrogen and oxygen atoms in total. The van der Waals surface area contributed by atoms with Crippen LogP contribution < -0.4 is 21.5 Å². The first-order valence-corrected chi connectivity index (χ1v) is 16.3. The van der Waals surface area contributed by atoms with Gasteiger partial charge in [0.15, 0.2) is 0 Å².